The molecular weight excluding hydrogens is 274 g/mol. The molecule has 0 amide bonds. The van der Waals surface area contributed by atoms with Crippen LogP contribution >= 0.6 is 11.3 Å². The van der Waals surface area contributed by atoms with E-state index in [-0.39, 0.29) is 0 Å². The van der Waals surface area contributed by atoms with E-state index in [0.717, 1.165) is 25.3 Å². The first-order chi connectivity index (χ1) is 9.69. The van der Waals surface area contributed by atoms with Gasteiger partial charge in [0.2, 0.25) is 0 Å². The molecule has 2 aromatic rings. The summed E-state index contributed by atoms with van der Waals surface area (Å²) in [7, 11) is 1.35. The summed E-state index contributed by atoms with van der Waals surface area (Å²) in [6, 6.07) is 3.85. The number of thiophene rings is 1. The summed E-state index contributed by atoms with van der Waals surface area (Å²) in [6.45, 7) is 1.71. The Hall–Kier alpha value is -2.08. The molecule has 0 saturated heterocycles. The molecule has 3 rings (SSSR count). The van der Waals surface area contributed by atoms with Crippen LogP contribution in [0, 0.1) is 0 Å². The molecule has 2 aromatic heterocycles. The molecule has 3 heterocycles. The molecule has 5 nitrogen and oxygen atoms in total. The molecule has 0 saturated carbocycles. The quantitative estimate of drug-likeness (QED) is 0.857. The molecule has 0 aliphatic carbocycles. The van der Waals surface area contributed by atoms with Gasteiger partial charge in [-0.2, -0.15) is 0 Å². The van der Waals surface area contributed by atoms with Crippen molar-refractivity contribution in [3.63, 3.8) is 0 Å². The highest BCUT2D eigenvalue weighted by Gasteiger charge is 2.20. The van der Waals surface area contributed by atoms with Crippen molar-refractivity contribution in [2.45, 2.75) is 13.0 Å². The largest absolute Gasteiger partial charge is 0.465 e. The Morgan fingerprint density at radius 3 is 3.20 bits per heavy atom. The van der Waals surface area contributed by atoms with E-state index in [9.17, 15) is 4.79 Å². The molecule has 0 aromatic carbocycles. The Kier molecular flexibility index (Phi) is 3.31. The number of nitrogens with two attached hydrogens (primary N) is 1. The molecular formula is C14H15N3O2S. The number of hydrogen-bond acceptors (Lipinski definition) is 6. The van der Waals surface area contributed by atoms with Crippen LogP contribution in [-0.4, -0.2) is 24.6 Å². The number of aromatic nitrogens is 1. The van der Waals surface area contributed by atoms with Gasteiger partial charge in [0, 0.05) is 18.0 Å². The number of esters is 1. The lowest BCUT2D eigenvalue weighted by molar-refractivity contribution is 0.0602. The van der Waals surface area contributed by atoms with Crippen LogP contribution in [0.3, 0.4) is 0 Å². The van der Waals surface area contributed by atoms with Gasteiger partial charge in [-0.1, -0.05) is 0 Å². The maximum Gasteiger partial charge on any atom is 0.340 e. The number of anilines is 2. The Morgan fingerprint density at radius 2 is 2.40 bits per heavy atom. The van der Waals surface area contributed by atoms with Crippen molar-refractivity contribution in [1.82, 2.24) is 4.98 Å². The summed E-state index contributed by atoms with van der Waals surface area (Å²) in [6.07, 6.45) is 2.53. The average Bonchev–Trinajstić information content (AvgIpc) is 2.94. The number of nitrogen functional groups attached to an aromatic ring is 1. The first-order valence-corrected chi connectivity index (χ1v) is 7.21. The lowest BCUT2D eigenvalue weighted by atomic mass is 10.1. The van der Waals surface area contributed by atoms with Crippen LogP contribution in [0.4, 0.5) is 11.5 Å². The van der Waals surface area contributed by atoms with E-state index in [2.05, 4.69) is 21.3 Å². The van der Waals surface area contributed by atoms with Crippen molar-refractivity contribution in [2.75, 3.05) is 24.3 Å². The minimum absolute atomic E-state index is 0.342. The van der Waals surface area contributed by atoms with E-state index >= 15 is 0 Å². The summed E-state index contributed by atoms with van der Waals surface area (Å²) in [5, 5.41) is 2.12. The maximum absolute atomic E-state index is 11.7. The minimum Gasteiger partial charge on any atom is -0.465 e. The van der Waals surface area contributed by atoms with E-state index in [0.29, 0.717) is 11.3 Å². The van der Waals surface area contributed by atoms with Gasteiger partial charge in [-0.05, 0) is 29.5 Å². The van der Waals surface area contributed by atoms with Gasteiger partial charge in [-0.15, -0.1) is 11.3 Å². The molecule has 1 aliphatic heterocycles. The van der Waals surface area contributed by atoms with Gasteiger partial charge < -0.3 is 15.4 Å². The van der Waals surface area contributed by atoms with Gasteiger partial charge in [0.05, 0.1) is 24.6 Å². The fraction of sp³-hybridized carbons (Fsp3) is 0.286. The molecule has 20 heavy (non-hydrogen) atoms. The molecule has 0 fully saturated rings. The summed E-state index contributed by atoms with van der Waals surface area (Å²) in [4.78, 5) is 19.6. The van der Waals surface area contributed by atoms with Gasteiger partial charge in [0.25, 0.3) is 0 Å². The molecule has 1 aliphatic rings. The fourth-order valence-corrected chi connectivity index (χ4v) is 3.25. The number of nitrogens with zero attached hydrogens (tertiary/aromatic N) is 2. The number of fused-ring (bicyclic) bond motifs is 1. The second-order valence-corrected chi connectivity index (χ2v) is 5.66. The standard InChI is InChI=1S/C14H15N3O2S/c1-19-14(18)10-6-13(16-7-11(10)15)17-4-2-12-9(8-17)3-5-20-12/h3,5-7H,2,4,8,15H2,1H3. The van der Waals surface area contributed by atoms with Crippen LogP contribution in [0.5, 0.6) is 0 Å². The molecule has 6 heteroatoms. The maximum atomic E-state index is 11.7. The van der Waals surface area contributed by atoms with Gasteiger partial charge in [-0.3, -0.25) is 0 Å². The second-order valence-electron chi connectivity index (χ2n) is 4.66. The van der Waals surface area contributed by atoms with Crippen molar-refractivity contribution < 1.29 is 9.53 Å². The van der Waals surface area contributed by atoms with E-state index in [1.165, 1.54) is 23.7 Å². The number of rotatable bonds is 2. The molecule has 0 radical (unpaired) electrons. The fourth-order valence-electron chi connectivity index (χ4n) is 2.36. The highest BCUT2D eigenvalue weighted by Crippen LogP contribution is 2.28. The van der Waals surface area contributed by atoms with E-state index in [1.54, 1.807) is 17.4 Å². The Morgan fingerprint density at radius 1 is 1.55 bits per heavy atom. The van der Waals surface area contributed by atoms with Crippen LogP contribution < -0.4 is 10.6 Å². The van der Waals surface area contributed by atoms with Gasteiger partial charge >= 0.3 is 5.97 Å². The zero-order valence-corrected chi connectivity index (χ0v) is 11.9. The smallest absolute Gasteiger partial charge is 0.340 e. The molecule has 2 N–H and O–H groups in total. The summed E-state index contributed by atoms with van der Waals surface area (Å²) in [5.74, 6) is 0.329. The lowest BCUT2D eigenvalue weighted by Crippen LogP contribution is -2.30. The zero-order valence-electron chi connectivity index (χ0n) is 11.1. The molecule has 0 unspecified atom stereocenters. The Labute approximate surface area is 121 Å². The topological polar surface area (TPSA) is 68.5 Å². The van der Waals surface area contributed by atoms with Crippen molar-refractivity contribution in [1.29, 1.82) is 0 Å². The molecule has 0 bridgehead atoms. The normalized spacial score (nSPS) is 13.9. The highest BCUT2D eigenvalue weighted by atomic mass is 32.1. The molecule has 0 atom stereocenters. The second kappa shape index (κ2) is 5.13. The van der Waals surface area contributed by atoms with Gasteiger partial charge in [0.15, 0.2) is 0 Å². The SMILES string of the molecule is COC(=O)c1cc(N2CCc3sccc3C2)ncc1N. The summed E-state index contributed by atoms with van der Waals surface area (Å²) < 4.78 is 4.74. The predicted molar refractivity (Wildman–Crippen MR) is 79.1 cm³/mol. The van der Waals surface area contributed by atoms with Crippen molar-refractivity contribution in [3.05, 3.63) is 39.7 Å². The lowest BCUT2D eigenvalue weighted by Gasteiger charge is -2.28. The first kappa shape index (κ1) is 12.9. The van der Waals surface area contributed by atoms with Crippen LogP contribution in [0.2, 0.25) is 0 Å². The van der Waals surface area contributed by atoms with Gasteiger partial charge in [-0.25, -0.2) is 9.78 Å². The van der Waals surface area contributed by atoms with Crippen LogP contribution in [0.25, 0.3) is 0 Å². The van der Waals surface area contributed by atoms with Crippen molar-refractivity contribution in [3.8, 4) is 0 Å². The third kappa shape index (κ3) is 2.22. The molecule has 0 spiro atoms. The number of carbonyl (C=O) groups excluding carboxylic acids is 1. The summed E-state index contributed by atoms with van der Waals surface area (Å²) in [5.41, 5.74) is 7.82. The Balaban J connectivity index is 1.90. The first-order valence-electron chi connectivity index (χ1n) is 6.33. The third-order valence-electron chi connectivity index (χ3n) is 3.46. The summed E-state index contributed by atoms with van der Waals surface area (Å²) >= 11 is 1.80. The minimum atomic E-state index is -0.431. The van der Waals surface area contributed by atoms with Crippen molar-refractivity contribution in [2.24, 2.45) is 0 Å². The number of methoxy groups -OCH3 is 1. The van der Waals surface area contributed by atoms with Gasteiger partial charge in [0.1, 0.15) is 5.82 Å². The van der Waals surface area contributed by atoms with Crippen LogP contribution in [0.1, 0.15) is 20.8 Å². The highest BCUT2D eigenvalue weighted by molar-refractivity contribution is 7.10. The van der Waals surface area contributed by atoms with E-state index < -0.39 is 5.97 Å². The van der Waals surface area contributed by atoms with E-state index in [4.69, 9.17) is 10.5 Å². The van der Waals surface area contributed by atoms with Crippen molar-refractivity contribution >= 4 is 28.8 Å². The zero-order chi connectivity index (χ0) is 14.1. The number of carbonyl (C=O) groups is 1. The average molecular weight is 289 g/mol. The monoisotopic (exact) mass is 289 g/mol. The number of ether oxygens (including phenoxy) is 1. The van der Waals surface area contributed by atoms with Crippen LogP contribution in [0.15, 0.2) is 23.7 Å². The van der Waals surface area contributed by atoms with Crippen LogP contribution in [-0.2, 0) is 17.7 Å². The molecule has 104 valence electrons. The predicted octanol–water partition coefficient (Wildman–Crippen LogP) is 2.07. The number of pyridine rings is 1. The van der Waals surface area contributed by atoms with E-state index in [1.807, 2.05) is 0 Å². The third-order valence-corrected chi connectivity index (χ3v) is 4.48. The Bertz CT molecular complexity index is 654. The number of hydrogen-bond donors (Lipinski definition) is 1.